The number of aliphatic hydroxyl groups excluding tert-OH is 1. The van der Waals surface area contributed by atoms with Crippen molar-refractivity contribution < 1.29 is 18.3 Å². The van der Waals surface area contributed by atoms with Gasteiger partial charge < -0.3 is 10.8 Å². The van der Waals surface area contributed by atoms with E-state index in [0.29, 0.717) is 0 Å². The summed E-state index contributed by atoms with van der Waals surface area (Å²) in [7, 11) is 0. The molecule has 0 bridgehead atoms. The van der Waals surface area contributed by atoms with E-state index in [0.717, 1.165) is 44.2 Å². The largest absolute Gasteiger partial charge is 0.391 e. The van der Waals surface area contributed by atoms with Gasteiger partial charge in [-0.3, -0.25) is 0 Å². The van der Waals surface area contributed by atoms with Gasteiger partial charge in [-0.25, -0.2) is 13.2 Å². The standard InChI is InChI=1S/C14H18F3NO/c15-10-7-6-9(11(16)12(10)17)13(18)14(19)8-4-2-1-3-5-8/h6-8,13-14,19H,1-5,18H2/t13-,14+/m0/s1. The molecule has 0 heterocycles. The van der Waals surface area contributed by atoms with Crippen LogP contribution in [0.1, 0.15) is 43.7 Å². The molecule has 106 valence electrons. The summed E-state index contributed by atoms with van der Waals surface area (Å²) >= 11 is 0. The maximum absolute atomic E-state index is 13.6. The highest BCUT2D eigenvalue weighted by atomic mass is 19.2. The van der Waals surface area contributed by atoms with Crippen LogP contribution in [0.15, 0.2) is 12.1 Å². The first kappa shape index (κ1) is 14.3. The van der Waals surface area contributed by atoms with Crippen molar-refractivity contribution in [2.24, 2.45) is 11.7 Å². The minimum absolute atomic E-state index is 0.00346. The number of rotatable bonds is 3. The number of benzene rings is 1. The molecule has 1 fully saturated rings. The molecule has 19 heavy (non-hydrogen) atoms. The number of halogens is 3. The number of aliphatic hydroxyl groups is 1. The summed E-state index contributed by atoms with van der Waals surface area (Å²) in [6.45, 7) is 0. The number of hydrogen-bond acceptors (Lipinski definition) is 2. The predicted molar refractivity (Wildman–Crippen MR) is 65.8 cm³/mol. The van der Waals surface area contributed by atoms with Crippen molar-refractivity contribution in [2.45, 2.75) is 44.2 Å². The molecule has 1 aromatic carbocycles. The van der Waals surface area contributed by atoms with E-state index in [1.807, 2.05) is 0 Å². The second kappa shape index (κ2) is 5.92. The van der Waals surface area contributed by atoms with Gasteiger partial charge in [0.1, 0.15) is 0 Å². The highest BCUT2D eigenvalue weighted by molar-refractivity contribution is 5.24. The summed E-state index contributed by atoms with van der Waals surface area (Å²) in [5.74, 6) is -4.09. The predicted octanol–water partition coefficient (Wildman–Crippen LogP) is 3.04. The third kappa shape index (κ3) is 2.92. The SMILES string of the molecule is N[C@@H](c1ccc(F)c(F)c1F)[C@H](O)C1CCCCC1. The Bertz CT molecular complexity index is 447. The summed E-state index contributed by atoms with van der Waals surface area (Å²) in [5, 5.41) is 10.2. The van der Waals surface area contributed by atoms with Gasteiger partial charge in [0.25, 0.3) is 0 Å². The molecule has 1 aromatic rings. The Hall–Kier alpha value is -1.07. The van der Waals surface area contributed by atoms with Crippen LogP contribution in [0.4, 0.5) is 13.2 Å². The van der Waals surface area contributed by atoms with E-state index < -0.39 is 29.6 Å². The maximum Gasteiger partial charge on any atom is 0.194 e. The minimum Gasteiger partial charge on any atom is -0.391 e. The molecule has 0 unspecified atom stereocenters. The lowest BCUT2D eigenvalue weighted by atomic mass is 9.81. The second-order valence-electron chi connectivity index (χ2n) is 5.18. The van der Waals surface area contributed by atoms with Crippen molar-refractivity contribution in [3.8, 4) is 0 Å². The van der Waals surface area contributed by atoms with Crippen LogP contribution in [0.5, 0.6) is 0 Å². The molecule has 5 heteroatoms. The summed E-state index contributed by atoms with van der Waals surface area (Å²) in [5.41, 5.74) is 5.64. The third-order valence-corrected chi connectivity index (χ3v) is 3.92. The van der Waals surface area contributed by atoms with Crippen molar-refractivity contribution in [3.05, 3.63) is 35.1 Å². The molecule has 0 spiro atoms. The van der Waals surface area contributed by atoms with Crippen LogP contribution < -0.4 is 5.73 Å². The van der Waals surface area contributed by atoms with Gasteiger partial charge in [0.2, 0.25) is 0 Å². The van der Waals surface area contributed by atoms with Gasteiger partial charge in [-0.15, -0.1) is 0 Å². The van der Waals surface area contributed by atoms with Gasteiger partial charge in [0.15, 0.2) is 17.5 Å². The molecule has 2 nitrogen and oxygen atoms in total. The van der Waals surface area contributed by atoms with Crippen LogP contribution in [0, 0.1) is 23.4 Å². The molecule has 1 saturated carbocycles. The molecule has 1 aliphatic carbocycles. The zero-order valence-electron chi connectivity index (χ0n) is 10.6. The zero-order valence-corrected chi connectivity index (χ0v) is 10.6. The topological polar surface area (TPSA) is 46.2 Å². The average Bonchev–Trinajstić information content (AvgIpc) is 2.44. The zero-order chi connectivity index (χ0) is 14.0. The van der Waals surface area contributed by atoms with Crippen molar-refractivity contribution in [1.82, 2.24) is 0 Å². The fourth-order valence-electron chi connectivity index (χ4n) is 2.75. The summed E-state index contributed by atoms with van der Waals surface area (Å²) < 4.78 is 39.7. The van der Waals surface area contributed by atoms with Crippen LogP contribution in [-0.4, -0.2) is 11.2 Å². The molecule has 2 rings (SSSR count). The molecule has 0 aromatic heterocycles. The van der Waals surface area contributed by atoms with Gasteiger partial charge in [-0.05, 0) is 24.8 Å². The Morgan fingerprint density at radius 2 is 1.68 bits per heavy atom. The van der Waals surface area contributed by atoms with Crippen molar-refractivity contribution in [2.75, 3.05) is 0 Å². The molecule has 0 radical (unpaired) electrons. The van der Waals surface area contributed by atoms with Crippen LogP contribution in [-0.2, 0) is 0 Å². The Balaban J connectivity index is 2.18. The van der Waals surface area contributed by atoms with Gasteiger partial charge in [-0.1, -0.05) is 25.3 Å². The normalized spacial score (nSPS) is 20.3. The molecule has 1 aliphatic rings. The minimum atomic E-state index is -1.54. The second-order valence-corrected chi connectivity index (χ2v) is 5.18. The maximum atomic E-state index is 13.6. The van der Waals surface area contributed by atoms with Crippen LogP contribution >= 0.6 is 0 Å². The van der Waals surface area contributed by atoms with Crippen LogP contribution in [0.25, 0.3) is 0 Å². The quantitative estimate of drug-likeness (QED) is 0.831. The van der Waals surface area contributed by atoms with E-state index in [2.05, 4.69) is 0 Å². The molecule has 0 amide bonds. The van der Waals surface area contributed by atoms with Crippen molar-refractivity contribution in [3.63, 3.8) is 0 Å². The first-order valence-electron chi connectivity index (χ1n) is 6.59. The fraction of sp³-hybridized carbons (Fsp3) is 0.571. The highest BCUT2D eigenvalue weighted by Crippen LogP contribution is 2.32. The van der Waals surface area contributed by atoms with E-state index in [-0.39, 0.29) is 11.5 Å². The van der Waals surface area contributed by atoms with E-state index in [1.54, 1.807) is 0 Å². The Morgan fingerprint density at radius 3 is 2.32 bits per heavy atom. The lowest BCUT2D eigenvalue weighted by Crippen LogP contribution is -2.35. The number of hydrogen-bond donors (Lipinski definition) is 2. The Labute approximate surface area is 110 Å². The molecular weight excluding hydrogens is 255 g/mol. The van der Waals surface area contributed by atoms with Crippen molar-refractivity contribution >= 4 is 0 Å². The molecule has 0 saturated heterocycles. The van der Waals surface area contributed by atoms with Crippen LogP contribution in [0.3, 0.4) is 0 Å². The van der Waals surface area contributed by atoms with Crippen molar-refractivity contribution in [1.29, 1.82) is 0 Å². The van der Waals surface area contributed by atoms with E-state index in [4.69, 9.17) is 5.73 Å². The molecular formula is C14H18F3NO. The first-order valence-corrected chi connectivity index (χ1v) is 6.59. The summed E-state index contributed by atoms with van der Waals surface area (Å²) in [4.78, 5) is 0. The van der Waals surface area contributed by atoms with Gasteiger partial charge in [-0.2, -0.15) is 0 Å². The molecule has 3 N–H and O–H groups in total. The van der Waals surface area contributed by atoms with E-state index >= 15 is 0 Å². The van der Waals surface area contributed by atoms with E-state index in [9.17, 15) is 18.3 Å². The summed E-state index contributed by atoms with van der Waals surface area (Å²) in [6, 6.07) is 0.907. The van der Waals surface area contributed by atoms with E-state index in [1.165, 1.54) is 0 Å². The average molecular weight is 273 g/mol. The lowest BCUT2D eigenvalue weighted by molar-refractivity contribution is 0.0605. The van der Waals surface area contributed by atoms with Crippen LogP contribution in [0.2, 0.25) is 0 Å². The molecule has 0 aliphatic heterocycles. The lowest BCUT2D eigenvalue weighted by Gasteiger charge is -2.30. The first-order chi connectivity index (χ1) is 9.02. The Morgan fingerprint density at radius 1 is 1.05 bits per heavy atom. The smallest absolute Gasteiger partial charge is 0.194 e. The Kier molecular flexibility index (Phi) is 4.47. The monoisotopic (exact) mass is 273 g/mol. The number of nitrogens with two attached hydrogens (primary N) is 1. The third-order valence-electron chi connectivity index (χ3n) is 3.92. The van der Waals surface area contributed by atoms with Gasteiger partial charge >= 0.3 is 0 Å². The summed E-state index contributed by atoms with van der Waals surface area (Å²) in [6.07, 6.45) is 3.88. The van der Waals surface area contributed by atoms with Gasteiger partial charge in [0.05, 0.1) is 12.1 Å². The highest BCUT2D eigenvalue weighted by Gasteiger charge is 2.30. The molecule has 2 atom stereocenters. The fourth-order valence-corrected chi connectivity index (χ4v) is 2.75. The van der Waals surface area contributed by atoms with Gasteiger partial charge in [0, 0.05) is 5.56 Å².